The smallest absolute Gasteiger partial charge is 0.232 e. The summed E-state index contributed by atoms with van der Waals surface area (Å²) in [6.07, 6.45) is -0.0157. The molecule has 1 atom stereocenters. The molecule has 0 bridgehead atoms. The van der Waals surface area contributed by atoms with E-state index in [1.165, 1.54) is 0 Å². The van der Waals surface area contributed by atoms with Crippen molar-refractivity contribution in [2.45, 2.75) is 26.3 Å². The van der Waals surface area contributed by atoms with Gasteiger partial charge in [0.25, 0.3) is 0 Å². The molecule has 0 saturated carbocycles. The summed E-state index contributed by atoms with van der Waals surface area (Å²) in [7, 11) is 0. The van der Waals surface area contributed by atoms with E-state index in [1.54, 1.807) is 9.80 Å². The van der Waals surface area contributed by atoms with Gasteiger partial charge in [0.1, 0.15) is 6.42 Å². The number of likely N-dealkylation sites (N-methyl/N-ethyl adjacent to an activating group) is 1. The summed E-state index contributed by atoms with van der Waals surface area (Å²) in [4.78, 5) is 26.7. The van der Waals surface area contributed by atoms with Gasteiger partial charge in [-0.25, -0.2) is 0 Å². The number of rotatable bonds is 3. The van der Waals surface area contributed by atoms with Crippen molar-refractivity contribution in [3.05, 3.63) is 0 Å². The van der Waals surface area contributed by atoms with Gasteiger partial charge in [0.2, 0.25) is 11.8 Å². The molecule has 0 aromatic rings. The quantitative estimate of drug-likeness (QED) is 0.637. The lowest BCUT2D eigenvalue weighted by Crippen LogP contribution is -2.43. The summed E-state index contributed by atoms with van der Waals surface area (Å²) < 4.78 is 0. The molecule has 86 valence electrons. The van der Waals surface area contributed by atoms with Gasteiger partial charge in [-0.3, -0.25) is 9.59 Å². The van der Waals surface area contributed by atoms with Crippen LogP contribution in [0, 0.1) is 0 Å². The van der Waals surface area contributed by atoms with Gasteiger partial charge in [0.15, 0.2) is 0 Å². The zero-order chi connectivity index (χ0) is 11.4. The molecule has 5 nitrogen and oxygen atoms in total. The van der Waals surface area contributed by atoms with E-state index in [9.17, 15) is 9.59 Å². The van der Waals surface area contributed by atoms with E-state index in [0.29, 0.717) is 26.2 Å². The zero-order valence-corrected chi connectivity index (χ0v) is 9.40. The van der Waals surface area contributed by atoms with Crippen molar-refractivity contribution in [3.8, 4) is 0 Å². The molecule has 1 fully saturated rings. The number of amides is 2. The Morgan fingerprint density at radius 1 is 1.40 bits per heavy atom. The average Bonchev–Trinajstić information content (AvgIpc) is 2.29. The number of nitrogens with zero attached hydrogens (tertiary/aromatic N) is 2. The fraction of sp³-hybridized carbons (Fsp3) is 0.800. The Morgan fingerprint density at radius 2 is 2.07 bits per heavy atom. The minimum Gasteiger partial charge on any atom is -0.340 e. The van der Waals surface area contributed by atoms with Crippen molar-refractivity contribution in [2.24, 2.45) is 5.73 Å². The van der Waals surface area contributed by atoms with Gasteiger partial charge in [-0.2, -0.15) is 0 Å². The van der Waals surface area contributed by atoms with E-state index in [-0.39, 0.29) is 24.3 Å². The Hall–Kier alpha value is -1.10. The molecule has 0 radical (unpaired) electrons. The maximum Gasteiger partial charge on any atom is 0.232 e. The van der Waals surface area contributed by atoms with Gasteiger partial charge in [-0.15, -0.1) is 0 Å². The molecular formula is C10H19N3O2. The summed E-state index contributed by atoms with van der Waals surface area (Å²) in [6, 6.07) is 0.0625. The lowest BCUT2D eigenvalue weighted by molar-refractivity contribution is -0.137. The highest BCUT2D eigenvalue weighted by Gasteiger charge is 2.29. The normalized spacial score (nSPS) is 23.3. The molecule has 0 spiro atoms. The topological polar surface area (TPSA) is 66.6 Å². The van der Waals surface area contributed by atoms with Crippen molar-refractivity contribution < 1.29 is 9.59 Å². The van der Waals surface area contributed by atoms with Crippen molar-refractivity contribution in [3.63, 3.8) is 0 Å². The molecule has 2 amide bonds. The van der Waals surface area contributed by atoms with Gasteiger partial charge in [-0.05, 0) is 13.8 Å². The molecule has 1 saturated heterocycles. The molecule has 5 heteroatoms. The first kappa shape index (κ1) is 12.0. The van der Waals surface area contributed by atoms with E-state index >= 15 is 0 Å². The molecule has 1 rings (SSSR count). The first-order valence-electron chi connectivity index (χ1n) is 5.37. The average molecular weight is 213 g/mol. The lowest BCUT2D eigenvalue weighted by atomic mass is 10.2. The van der Waals surface area contributed by atoms with Crippen LogP contribution in [0.25, 0.3) is 0 Å². The summed E-state index contributed by atoms with van der Waals surface area (Å²) >= 11 is 0. The molecule has 2 N–H and O–H groups in total. The molecule has 0 aromatic carbocycles. The van der Waals surface area contributed by atoms with Gasteiger partial charge in [0, 0.05) is 32.2 Å². The molecule has 1 heterocycles. The van der Waals surface area contributed by atoms with Gasteiger partial charge >= 0.3 is 0 Å². The van der Waals surface area contributed by atoms with Crippen LogP contribution >= 0.6 is 0 Å². The van der Waals surface area contributed by atoms with Crippen molar-refractivity contribution in [1.29, 1.82) is 0 Å². The second-order valence-electron chi connectivity index (χ2n) is 3.83. The molecule has 0 aromatic heterocycles. The summed E-state index contributed by atoms with van der Waals surface area (Å²) in [6.45, 7) is 6.12. The summed E-state index contributed by atoms with van der Waals surface area (Å²) in [5.41, 5.74) is 5.44. The SMILES string of the molecule is CCN1CC(C)N(CCN)C(=O)CC1=O. The standard InChI is InChI=1S/C10H19N3O2/c1-3-12-7-8(2)13(5-4-11)10(15)6-9(12)14/h8H,3-7,11H2,1-2H3. The molecule has 1 unspecified atom stereocenters. The van der Waals surface area contributed by atoms with E-state index in [0.717, 1.165) is 0 Å². The third-order valence-corrected chi connectivity index (χ3v) is 2.74. The zero-order valence-electron chi connectivity index (χ0n) is 9.40. The summed E-state index contributed by atoms with van der Waals surface area (Å²) in [5, 5.41) is 0. The summed E-state index contributed by atoms with van der Waals surface area (Å²) in [5.74, 6) is -0.178. The van der Waals surface area contributed by atoms with Crippen LogP contribution in [0.4, 0.5) is 0 Å². The van der Waals surface area contributed by atoms with Crippen LogP contribution in [-0.4, -0.2) is 53.8 Å². The molecule has 15 heavy (non-hydrogen) atoms. The minimum atomic E-state index is -0.103. The van der Waals surface area contributed by atoms with Crippen LogP contribution in [0.2, 0.25) is 0 Å². The van der Waals surface area contributed by atoms with Gasteiger partial charge < -0.3 is 15.5 Å². The highest BCUT2D eigenvalue weighted by Crippen LogP contribution is 2.11. The van der Waals surface area contributed by atoms with E-state index < -0.39 is 0 Å². The van der Waals surface area contributed by atoms with Crippen LogP contribution in [0.1, 0.15) is 20.3 Å². The van der Waals surface area contributed by atoms with E-state index in [1.807, 2.05) is 13.8 Å². The van der Waals surface area contributed by atoms with E-state index in [4.69, 9.17) is 5.73 Å². The maximum absolute atomic E-state index is 11.7. The number of hydrogen-bond acceptors (Lipinski definition) is 3. The molecule has 1 aliphatic rings. The molecule has 1 aliphatic heterocycles. The third kappa shape index (κ3) is 2.68. The highest BCUT2D eigenvalue weighted by atomic mass is 16.2. The number of hydrogen-bond donors (Lipinski definition) is 1. The van der Waals surface area contributed by atoms with Crippen molar-refractivity contribution in [1.82, 2.24) is 9.80 Å². The minimum absolute atomic E-state index is 0.0157. The number of carbonyl (C=O) groups excluding carboxylic acids is 2. The van der Waals surface area contributed by atoms with Crippen LogP contribution in [-0.2, 0) is 9.59 Å². The number of carbonyl (C=O) groups is 2. The fourth-order valence-corrected chi connectivity index (χ4v) is 1.90. The maximum atomic E-state index is 11.7. The highest BCUT2D eigenvalue weighted by molar-refractivity contribution is 5.97. The Labute approximate surface area is 90.2 Å². The van der Waals surface area contributed by atoms with Crippen molar-refractivity contribution in [2.75, 3.05) is 26.2 Å². The fourth-order valence-electron chi connectivity index (χ4n) is 1.90. The third-order valence-electron chi connectivity index (χ3n) is 2.74. The van der Waals surface area contributed by atoms with Crippen LogP contribution < -0.4 is 5.73 Å². The largest absolute Gasteiger partial charge is 0.340 e. The lowest BCUT2D eigenvalue weighted by Gasteiger charge is -2.28. The van der Waals surface area contributed by atoms with Crippen LogP contribution in [0.3, 0.4) is 0 Å². The predicted molar refractivity (Wildman–Crippen MR) is 57.1 cm³/mol. The van der Waals surface area contributed by atoms with Gasteiger partial charge in [-0.1, -0.05) is 0 Å². The Morgan fingerprint density at radius 3 is 2.60 bits per heavy atom. The molecule has 0 aliphatic carbocycles. The first-order valence-corrected chi connectivity index (χ1v) is 5.37. The number of nitrogens with two attached hydrogens (primary N) is 1. The first-order chi connectivity index (χ1) is 7.10. The predicted octanol–water partition coefficient (Wildman–Crippen LogP) is -0.586. The second-order valence-corrected chi connectivity index (χ2v) is 3.83. The van der Waals surface area contributed by atoms with Gasteiger partial charge in [0.05, 0.1) is 0 Å². The Bertz CT molecular complexity index is 255. The van der Waals surface area contributed by atoms with Crippen molar-refractivity contribution >= 4 is 11.8 Å². The van der Waals surface area contributed by atoms with Crippen LogP contribution in [0.15, 0.2) is 0 Å². The van der Waals surface area contributed by atoms with E-state index in [2.05, 4.69) is 0 Å². The molecular weight excluding hydrogens is 194 g/mol. The Kier molecular flexibility index (Phi) is 4.08. The Balaban J connectivity index is 2.77. The monoisotopic (exact) mass is 213 g/mol. The van der Waals surface area contributed by atoms with Crippen LogP contribution in [0.5, 0.6) is 0 Å². The second kappa shape index (κ2) is 5.11.